The third-order valence-corrected chi connectivity index (χ3v) is 32.1. The first-order valence-electron chi connectivity index (χ1n) is 50.8. The van der Waals surface area contributed by atoms with Crippen molar-refractivity contribution in [2.24, 2.45) is 109 Å². The SMILES string of the molecule is CC(C)(C)C1=CC2C3C=C(C(C)(C)C)C(c4ccccc4)=CC3C(C(C)(C)C3CCCC3)C2C=C1c1ccccc1.CC(C)(C)C1=CC2C3C=C(C(C)(C)C)C(c4ccccc4)=CC3C(C(C)(C)C3CCCC3)C2C=C1c1ccccc1.CC(C)(C)c1cc2c(cc1-c1ccccc1)C(C(C)(C)C1=CCC=C1)c1cc(-c3ccccc3)c(C(C)(C)C)cc1-2.[CH2-]CCC.[CH3-].[CH3-].[Cl][Zr+2][Cl].[Cl][Zr]([Cl])([Cl])[Cl].[H-].[H-].[Li+].[Li+].[Li+]. The third-order valence-electron chi connectivity index (χ3n) is 32.1. The quantitative estimate of drug-likeness (QED) is 0.0797. The fraction of sp³-hybridized carbons (Fsp3) is 0.450. The van der Waals surface area contributed by atoms with Crippen molar-refractivity contribution in [2.45, 2.75) is 260 Å². The van der Waals surface area contributed by atoms with Crippen LogP contribution in [-0.4, -0.2) is 0 Å². The van der Waals surface area contributed by atoms with Gasteiger partial charge in [-0.25, -0.2) is 0 Å². The Kier molecular flexibility index (Phi) is 43.4. The van der Waals surface area contributed by atoms with Gasteiger partial charge in [0.1, 0.15) is 0 Å². The zero-order valence-electron chi connectivity index (χ0n) is 93.2. The Bertz CT molecular complexity index is 5240. The van der Waals surface area contributed by atoms with Crippen LogP contribution >= 0.6 is 51.1 Å². The molecule has 0 aliphatic heterocycles. The predicted molar refractivity (Wildman–Crippen MR) is 602 cm³/mol. The van der Waals surface area contributed by atoms with Gasteiger partial charge in [0, 0.05) is 11.3 Å². The summed E-state index contributed by atoms with van der Waals surface area (Å²) in [6.45, 7) is 64.2. The minimum Gasteiger partial charge on any atom is -1.00 e. The topological polar surface area (TPSA) is 0 Å². The maximum absolute atomic E-state index is 5.04. The second kappa shape index (κ2) is 49.9. The molecule has 8 aromatic carbocycles. The molecule has 8 aromatic rings. The second-order valence-electron chi connectivity index (χ2n) is 48.4. The van der Waals surface area contributed by atoms with E-state index in [0.29, 0.717) is 59.2 Å². The van der Waals surface area contributed by atoms with E-state index in [1.807, 2.05) is 0 Å². The molecule has 10 aliphatic carbocycles. The molecule has 140 heavy (non-hydrogen) atoms. The summed E-state index contributed by atoms with van der Waals surface area (Å²) in [6.07, 6.45) is 43.7. The average Bonchev–Trinajstić information content (AvgIpc) is 1.56. The predicted octanol–water partition coefficient (Wildman–Crippen LogP) is 32.4. The fourth-order valence-corrected chi connectivity index (χ4v) is 25.6. The van der Waals surface area contributed by atoms with Crippen LogP contribution < -0.4 is 56.6 Å². The minimum atomic E-state index is -3.29. The largest absolute Gasteiger partial charge is 1.00 e. The van der Waals surface area contributed by atoms with E-state index in [0.717, 1.165) is 24.7 Å². The number of hydrogen-bond donors (Lipinski definition) is 0. The number of rotatable bonds is 13. The number of hydrogen-bond acceptors (Lipinski definition) is 0. The van der Waals surface area contributed by atoms with Crippen molar-refractivity contribution in [3.63, 3.8) is 0 Å². The Balaban J connectivity index is 0.000000301. The molecule has 0 radical (unpaired) electrons. The van der Waals surface area contributed by atoms with Crippen LogP contribution in [0.4, 0.5) is 0 Å². The molecule has 0 bridgehead atoms. The maximum atomic E-state index is 5.04. The smallest absolute Gasteiger partial charge is 1.00 e. The van der Waals surface area contributed by atoms with Gasteiger partial charge in [0.05, 0.1) is 0 Å². The van der Waals surface area contributed by atoms with Gasteiger partial charge in [0.2, 0.25) is 0 Å². The summed E-state index contributed by atoms with van der Waals surface area (Å²) in [7, 11) is 30.0. The molecule has 11 heteroatoms. The molecule has 0 heterocycles. The number of unbranched alkanes of at least 4 members (excludes halogenated alkanes) is 1. The van der Waals surface area contributed by atoms with Gasteiger partial charge in [-0.3, -0.25) is 0 Å². The van der Waals surface area contributed by atoms with Crippen LogP contribution in [0.1, 0.15) is 297 Å². The van der Waals surface area contributed by atoms with E-state index in [9.17, 15) is 0 Å². The average molecular weight is 2130 g/mol. The summed E-state index contributed by atoms with van der Waals surface area (Å²) in [5.74, 6) is 7.47. The van der Waals surface area contributed by atoms with Crippen LogP contribution in [-0.2, 0) is 47.2 Å². The minimum absolute atomic E-state index is 0. The molecule has 0 aromatic heterocycles. The molecule has 734 valence electrons. The Labute approximate surface area is 928 Å². The Morgan fingerprint density at radius 3 is 0.764 bits per heavy atom. The van der Waals surface area contributed by atoms with Gasteiger partial charge in [-0.1, -0.05) is 454 Å². The fourth-order valence-electron chi connectivity index (χ4n) is 25.6. The summed E-state index contributed by atoms with van der Waals surface area (Å²) < 4.78 is 0. The van der Waals surface area contributed by atoms with Crippen molar-refractivity contribution in [3.8, 4) is 33.4 Å². The molecule has 0 spiro atoms. The van der Waals surface area contributed by atoms with E-state index >= 15 is 0 Å². The second-order valence-corrected chi connectivity index (χ2v) is 74.5. The van der Waals surface area contributed by atoms with Crippen LogP contribution in [0.25, 0.3) is 55.7 Å². The van der Waals surface area contributed by atoms with Crippen molar-refractivity contribution in [2.75, 3.05) is 0 Å². The van der Waals surface area contributed by atoms with Crippen molar-refractivity contribution in [3.05, 3.63) is 367 Å². The van der Waals surface area contributed by atoms with Crippen molar-refractivity contribution < 1.29 is 95.8 Å². The zero-order chi connectivity index (χ0) is 98.1. The molecule has 0 saturated heterocycles. The Morgan fingerprint density at radius 1 is 0.336 bits per heavy atom. The van der Waals surface area contributed by atoms with Crippen LogP contribution in [0.3, 0.4) is 0 Å². The summed E-state index contributed by atoms with van der Waals surface area (Å²) in [5, 5.41) is 0. The zero-order valence-corrected chi connectivity index (χ0v) is 101. The summed E-state index contributed by atoms with van der Waals surface area (Å²) in [5.41, 5.74) is 33.9. The molecule has 0 N–H and O–H groups in total. The Morgan fingerprint density at radius 2 is 0.564 bits per heavy atom. The molecular weight excluding hydrogens is 1970 g/mol. The van der Waals surface area contributed by atoms with E-state index in [1.54, 1.807) is 0 Å². The molecule has 0 amide bonds. The van der Waals surface area contributed by atoms with Crippen LogP contribution in [0.2, 0.25) is 0 Å². The van der Waals surface area contributed by atoms with Gasteiger partial charge in [-0.2, -0.15) is 6.42 Å². The van der Waals surface area contributed by atoms with Gasteiger partial charge < -0.3 is 24.6 Å². The van der Waals surface area contributed by atoms with Crippen LogP contribution in [0.15, 0.2) is 301 Å². The van der Waals surface area contributed by atoms with E-state index in [-0.39, 0.29) is 129 Å². The first-order valence-corrected chi connectivity index (χ1v) is 69.8. The standard InChI is InChI=1S/2C41H52.C41H44.C4H9.2CH3.6ClH.3Li.2Zr.2H/c3*1-39(2,3)36-25-32-33-26-37(40(4,5)6)31(28-19-13-10-14-20-28)24-35(33)38(41(7,8)29-21-15-16-22-29)34(32)23-30(36)27-17-11-9-12-18-27;1-3-4-2;;;;;;;;;;;;;;;/h2*9-14,17-20,23-26,29,32-35,38H,15-16,21-22H2,1-8H3;9-15,17-26,38H,16H2,1-8H3;1,3-4H2,2H3;2*1H3;6*1H;;;;;;;/q;;;3*-1;;;;;;;3*+1;2*+4;2*-1/p-6. The van der Waals surface area contributed by atoms with Gasteiger partial charge in [-0.05, 0) is 299 Å². The molecule has 8 unspecified atom stereocenters. The van der Waals surface area contributed by atoms with Gasteiger partial charge in [-0.15, -0.1) is 0 Å². The first kappa shape index (κ1) is 122. The van der Waals surface area contributed by atoms with Gasteiger partial charge >= 0.3 is 144 Å². The summed E-state index contributed by atoms with van der Waals surface area (Å²) >= 11 is -4.12. The van der Waals surface area contributed by atoms with Gasteiger partial charge in [0.25, 0.3) is 0 Å². The van der Waals surface area contributed by atoms with E-state index in [2.05, 4.69) is 453 Å². The molecule has 10 aliphatic rings. The van der Waals surface area contributed by atoms with E-state index in [4.69, 9.17) is 51.1 Å². The van der Waals surface area contributed by atoms with Crippen molar-refractivity contribution in [1.29, 1.82) is 0 Å². The maximum Gasteiger partial charge on any atom is 1.00 e. The number of allylic oxidation sites excluding steroid dienone is 20. The summed E-state index contributed by atoms with van der Waals surface area (Å²) in [4.78, 5) is 0. The Hall–Kier alpha value is -3.54. The third kappa shape index (κ3) is 27.6. The molecule has 4 saturated carbocycles. The summed E-state index contributed by atoms with van der Waals surface area (Å²) in [6, 6.07) is 77.1. The normalized spacial score (nSPS) is 22.0. The number of benzene rings is 8. The number of fused-ring (bicyclic) bond motifs is 9. The molecule has 18 rings (SSSR count). The van der Waals surface area contributed by atoms with Crippen LogP contribution in [0, 0.1) is 131 Å². The molecular formula is C129H165Cl6Li3Zr2. The monoisotopic (exact) mass is 2120 g/mol. The first-order chi connectivity index (χ1) is 63.4. The molecule has 0 nitrogen and oxygen atoms in total. The number of halogens is 6. The molecule has 8 atom stereocenters. The van der Waals surface area contributed by atoms with E-state index in [1.165, 1.54) is 186 Å². The molecule has 4 fully saturated rings. The van der Waals surface area contributed by atoms with Crippen molar-refractivity contribution in [1.82, 2.24) is 0 Å². The van der Waals surface area contributed by atoms with Crippen molar-refractivity contribution >= 4 is 73.4 Å². The van der Waals surface area contributed by atoms with Gasteiger partial charge in [0.15, 0.2) is 0 Å². The van der Waals surface area contributed by atoms with E-state index < -0.39 is 36.3 Å². The van der Waals surface area contributed by atoms with Crippen LogP contribution in [0.5, 0.6) is 0 Å².